The van der Waals surface area contributed by atoms with Crippen LogP contribution < -0.4 is 5.32 Å². The molecular formula is C13H22ClN3O. The quantitative estimate of drug-likeness (QED) is 0.739. The maximum Gasteiger partial charge on any atom is 0.0862 e. The number of methoxy groups -OCH3 is 1. The van der Waals surface area contributed by atoms with Crippen molar-refractivity contribution >= 4 is 17.2 Å². The van der Waals surface area contributed by atoms with Crippen LogP contribution in [0.2, 0.25) is 5.02 Å². The summed E-state index contributed by atoms with van der Waals surface area (Å²) in [4.78, 5) is 0. The topological polar surface area (TPSA) is 39.1 Å². The highest BCUT2D eigenvalue weighted by molar-refractivity contribution is 6.32. The monoisotopic (exact) mass is 271 g/mol. The summed E-state index contributed by atoms with van der Waals surface area (Å²) in [6.45, 7) is 7.54. The van der Waals surface area contributed by atoms with Crippen molar-refractivity contribution in [3.05, 3.63) is 23.0 Å². The van der Waals surface area contributed by atoms with Gasteiger partial charge in [-0.25, -0.2) is 0 Å². The molecule has 0 amide bonds. The summed E-state index contributed by atoms with van der Waals surface area (Å²) in [6.07, 6.45) is 4.87. The highest BCUT2D eigenvalue weighted by Gasteiger charge is 2.08. The van der Waals surface area contributed by atoms with E-state index >= 15 is 0 Å². The van der Waals surface area contributed by atoms with Crippen LogP contribution in [0.3, 0.4) is 0 Å². The predicted molar refractivity (Wildman–Crippen MR) is 75.9 cm³/mol. The molecule has 0 aliphatic heterocycles. The molecule has 0 saturated heterocycles. The van der Waals surface area contributed by atoms with Crippen LogP contribution in [0.25, 0.3) is 5.57 Å². The number of allylic oxidation sites excluding steroid dienone is 1. The Morgan fingerprint density at radius 1 is 1.56 bits per heavy atom. The molecule has 1 rings (SSSR count). The number of rotatable bonds is 8. The standard InChI is InChI=1S/C13H22ClN3O/c1-4-17-13(12(14)10-16-17)11(2)6-5-7-15-8-9-18-3/h6,10,15H,4-5,7-9H2,1-3H3. The zero-order chi connectivity index (χ0) is 13.4. The SMILES string of the molecule is CCn1ncc(Cl)c1C(C)=CCCNCCOC. The number of aromatic nitrogens is 2. The second-order valence-corrected chi connectivity index (χ2v) is 4.48. The molecule has 0 spiro atoms. The maximum absolute atomic E-state index is 6.14. The first-order valence-corrected chi connectivity index (χ1v) is 6.66. The van der Waals surface area contributed by atoms with Gasteiger partial charge in [-0.2, -0.15) is 5.10 Å². The second kappa shape index (κ2) is 8.29. The Labute approximate surface area is 114 Å². The minimum absolute atomic E-state index is 0.720. The molecule has 0 radical (unpaired) electrons. The summed E-state index contributed by atoms with van der Waals surface area (Å²) < 4.78 is 6.89. The fourth-order valence-corrected chi connectivity index (χ4v) is 2.07. The molecule has 0 aliphatic carbocycles. The van der Waals surface area contributed by atoms with Crippen LogP contribution in [0.1, 0.15) is 26.0 Å². The number of nitrogens with zero attached hydrogens (tertiary/aromatic N) is 2. The number of hydrogen-bond donors (Lipinski definition) is 1. The number of halogens is 1. The van der Waals surface area contributed by atoms with E-state index in [9.17, 15) is 0 Å². The van der Waals surface area contributed by atoms with E-state index in [1.807, 2.05) is 4.68 Å². The van der Waals surface area contributed by atoms with Crippen molar-refractivity contribution in [1.82, 2.24) is 15.1 Å². The largest absolute Gasteiger partial charge is 0.383 e. The maximum atomic E-state index is 6.14. The molecule has 102 valence electrons. The van der Waals surface area contributed by atoms with E-state index in [0.717, 1.165) is 43.4 Å². The van der Waals surface area contributed by atoms with Gasteiger partial charge in [0.05, 0.1) is 23.5 Å². The lowest BCUT2D eigenvalue weighted by Crippen LogP contribution is -2.19. The van der Waals surface area contributed by atoms with Gasteiger partial charge in [0, 0.05) is 20.2 Å². The zero-order valence-corrected chi connectivity index (χ0v) is 12.1. The molecule has 0 unspecified atom stereocenters. The van der Waals surface area contributed by atoms with E-state index in [2.05, 4.69) is 30.3 Å². The third-order valence-corrected chi connectivity index (χ3v) is 3.00. The molecule has 4 nitrogen and oxygen atoms in total. The van der Waals surface area contributed by atoms with Gasteiger partial charge in [-0.1, -0.05) is 17.7 Å². The molecule has 5 heteroatoms. The van der Waals surface area contributed by atoms with Gasteiger partial charge in [0.2, 0.25) is 0 Å². The van der Waals surface area contributed by atoms with Gasteiger partial charge < -0.3 is 10.1 Å². The Balaban J connectivity index is 2.47. The van der Waals surface area contributed by atoms with Crippen LogP contribution in [0, 0.1) is 0 Å². The molecule has 0 aliphatic rings. The first-order valence-electron chi connectivity index (χ1n) is 6.28. The molecule has 1 aromatic heterocycles. The fourth-order valence-electron chi connectivity index (χ4n) is 1.78. The smallest absolute Gasteiger partial charge is 0.0862 e. The predicted octanol–water partition coefficient (Wildman–Crippen LogP) is 2.59. The van der Waals surface area contributed by atoms with E-state index in [0.29, 0.717) is 0 Å². The third-order valence-electron chi connectivity index (χ3n) is 2.72. The van der Waals surface area contributed by atoms with Crippen LogP contribution in [0.15, 0.2) is 12.3 Å². The van der Waals surface area contributed by atoms with Crippen LogP contribution in [0.5, 0.6) is 0 Å². The Kier molecular flexibility index (Phi) is 7.01. The van der Waals surface area contributed by atoms with Crippen LogP contribution in [-0.2, 0) is 11.3 Å². The van der Waals surface area contributed by atoms with E-state index in [-0.39, 0.29) is 0 Å². The van der Waals surface area contributed by atoms with Gasteiger partial charge in [-0.15, -0.1) is 0 Å². The van der Waals surface area contributed by atoms with E-state index in [1.165, 1.54) is 5.57 Å². The molecule has 0 aromatic carbocycles. The van der Waals surface area contributed by atoms with Gasteiger partial charge in [0.25, 0.3) is 0 Å². The fraction of sp³-hybridized carbons (Fsp3) is 0.615. The highest BCUT2D eigenvalue weighted by Crippen LogP contribution is 2.23. The lowest BCUT2D eigenvalue weighted by Gasteiger charge is -2.06. The van der Waals surface area contributed by atoms with Crippen molar-refractivity contribution in [2.45, 2.75) is 26.8 Å². The number of nitrogens with one attached hydrogen (secondary N) is 1. The van der Waals surface area contributed by atoms with E-state index in [1.54, 1.807) is 13.3 Å². The number of aryl methyl sites for hydroxylation is 1. The van der Waals surface area contributed by atoms with Crippen LogP contribution >= 0.6 is 11.6 Å². The first kappa shape index (κ1) is 15.2. The van der Waals surface area contributed by atoms with E-state index < -0.39 is 0 Å². The Bertz CT molecular complexity index is 388. The van der Waals surface area contributed by atoms with E-state index in [4.69, 9.17) is 16.3 Å². The zero-order valence-electron chi connectivity index (χ0n) is 11.4. The summed E-state index contributed by atoms with van der Waals surface area (Å²) in [6, 6.07) is 0. The molecule has 1 aromatic rings. The Morgan fingerprint density at radius 2 is 2.33 bits per heavy atom. The van der Waals surface area contributed by atoms with Crippen molar-refractivity contribution < 1.29 is 4.74 Å². The van der Waals surface area contributed by atoms with Gasteiger partial charge >= 0.3 is 0 Å². The summed E-state index contributed by atoms with van der Waals surface area (Å²) in [5.74, 6) is 0. The second-order valence-electron chi connectivity index (χ2n) is 4.08. The summed E-state index contributed by atoms with van der Waals surface area (Å²) in [5, 5.41) is 8.26. The van der Waals surface area contributed by atoms with Gasteiger partial charge in [0.15, 0.2) is 0 Å². The van der Waals surface area contributed by atoms with Crippen LogP contribution in [0.4, 0.5) is 0 Å². The molecule has 0 atom stereocenters. The lowest BCUT2D eigenvalue weighted by molar-refractivity contribution is 0.199. The van der Waals surface area contributed by atoms with Gasteiger partial charge in [-0.05, 0) is 32.4 Å². The molecule has 0 saturated carbocycles. The van der Waals surface area contributed by atoms with Crippen molar-refractivity contribution in [1.29, 1.82) is 0 Å². The summed E-state index contributed by atoms with van der Waals surface area (Å²) in [7, 11) is 1.71. The highest BCUT2D eigenvalue weighted by atomic mass is 35.5. The van der Waals surface area contributed by atoms with Crippen molar-refractivity contribution in [2.75, 3.05) is 26.8 Å². The van der Waals surface area contributed by atoms with Crippen molar-refractivity contribution in [2.24, 2.45) is 0 Å². The minimum atomic E-state index is 0.720. The molecule has 1 heterocycles. The normalized spacial score (nSPS) is 12.1. The van der Waals surface area contributed by atoms with Gasteiger partial charge in [0.1, 0.15) is 0 Å². The van der Waals surface area contributed by atoms with Gasteiger partial charge in [-0.3, -0.25) is 4.68 Å². The average Bonchev–Trinajstić information content (AvgIpc) is 2.74. The summed E-state index contributed by atoms with van der Waals surface area (Å²) in [5.41, 5.74) is 2.20. The van der Waals surface area contributed by atoms with Crippen molar-refractivity contribution in [3.63, 3.8) is 0 Å². The Morgan fingerprint density at radius 3 is 3.00 bits per heavy atom. The van der Waals surface area contributed by atoms with Crippen molar-refractivity contribution in [3.8, 4) is 0 Å². The molecular weight excluding hydrogens is 250 g/mol. The molecule has 1 N–H and O–H groups in total. The molecule has 18 heavy (non-hydrogen) atoms. The molecule has 0 fully saturated rings. The molecule has 0 bridgehead atoms. The third kappa shape index (κ3) is 4.44. The number of ether oxygens (including phenoxy) is 1. The summed E-state index contributed by atoms with van der Waals surface area (Å²) >= 11 is 6.14. The number of hydrogen-bond acceptors (Lipinski definition) is 3. The van der Waals surface area contributed by atoms with Crippen LogP contribution in [-0.4, -0.2) is 36.6 Å². The lowest BCUT2D eigenvalue weighted by atomic mass is 10.2. The average molecular weight is 272 g/mol. The first-order chi connectivity index (χ1) is 8.70. The minimum Gasteiger partial charge on any atom is -0.383 e. The Hall–Kier alpha value is -0.840.